The molecule has 2 heterocycles. The van der Waals surface area contributed by atoms with E-state index in [9.17, 15) is 4.79 Å². The molecule has 8 heteroatoms. The Morgan fingerprint density at radius 2 is 1.86 bits per heavy atom. The Bertz CT molecular complexity index is 930. The quantitative estimate of drug-likeness (QED) is 0.490. The maximum atomic E-state index is 12.0. The van der Waals surface area contributed by atoms with Gasteiger partial charge >= 0.3 is 5.97 Å². The van der Waals surface area contributed by atoms with Crippen molar-refractivity contribution >= 4 is 17.3 Å². The van der Waals surface area contributed by atoms with Crippen molar-refractivity contribution in [2.75, 3.05) is 27.9 Å². The number of rotatable bonds is 9. The van der Waals surface area contributed by atoms with Gasteiger partial charge in [-0.3, -0.25) is 9.69 Å². The van der Waals surface area contributed by atoms with Crippen LogP contribution >= 0.6 is 11.3 Å². The second-order valence-electron chi connectivity index (χ2n) is 6.44. The number of carbonyl (C=O) groups is 1. The molecule has 0 bridgehead atoms. The standard InChI is InChI=1S/C21H24N2O5S/c1-14-18(22-21(28-14)19-6-5-7-29-19)12-23(13-20(24)27-4)11-15-8-16(25-2)10-17(9-15)26-3/h5-10H,11-13H2,1-4H3. The molecule has 0 aliphatic carbocycles. The van der Waals surface area contributed by atoms with E-state index in [1.807, 2.05) is 47.5 Å². The summed E-state index contributed by atoms with van der Waals surface area (Å²) in [5.41, 5.74) is 1.73. The molecule has 0 atom stereocenters. The first kappa shape index (κ1) is 20.9. The minimum Gasteiger partial charge on any atom is -0.497 e. The third-order valence-electron chi connectivity index (χ3n) is 4.40. The van der Waals surface area contributed by atoms with Crippen molar-refractivity contribution in [2.45, 2.75) is 20.0 Å². The van der Waals surface area contributed by atoms with Gasteiger partial charge in [0, 0.05) is 19.2 Å². The Kier molecular flexibility index (Phi) is 6.90. The van der Waals surface area contributed by atoms with Crippen molar-refractivity contribution in [1.82, 2.24) is 9.88 Å². The van der Waals surface area contributed by atoms with Crippen LogP contribution in [-0.4, -0.2) is 43.7 Å². The van der Waals surface area contributed by atoms with E-state index in [0.717, 1.165) is 21.9 Å². The first-order valence-electron chi connectivity index (χ1n) is 9.03. The number of benzene rings is 1. The van der Waals surface area contributed by atoms with Crippen LogP contribution in [0.5, 0.6) is 11.5 Å². The summed E-state index contributed by atoms with van der Waals surface area (Å²) < 4.78 is 21.4. The van der Waals surface area contributed by atoms with E-state index in [2.05, 4.69) is 4.98 Å². The number of aryl methyl sites for hydroxylation is 1. The fourth-order valence-corrected chi connectivity index (χ4v) is 3.57. The average molecular weight is 416 g/mol. The van der Waals surface area contributed by atoms with Gasteiger partial charge < -0.3 is 18.6 Å². The highest BCUT2D eigenvalue weighted by molar-refractivity contribution is 7.13. The molecule has 7 nitrogen and oxygen atoms in total. The van der Waals surface area contributed by atoms with Crippen molar-refractivity contribution in [2.24, 2.45) is 0 Å². The smallest absolute Gasteiger partial charge is 0.319 e. The minimum absolute atomic E-state index is 0.122. The normalized spacial score (nSPS) is 10.9. The van der Waals surface area contributed by atoms with Gasteiger partial charge in [0.2, 0.25) is 5.89 Å². The number of methoxy groups -OCH3 is 3. The predicted octanol–water partition coefficient (Wildman–Crippen LogP) is 3.90. The molecule has 0 saturated carbocycles. The number of oxazole rings is 1. The molecule has 0 aliphatic rings. The van der Waals surface area contributed by atoms with Gasteiger partial charge in [-0.05, 0) is 36.1 Å². The average Bonchev–Trinajstić information content (AvgIpc) is 3.37. The zero-order chi connectivity index (χ0) is 20.8. The van der Waals surface area contributed by atoms with Crippen LogP contribution in [-0.2, 0) is 22.6 Å². The highest BCUT2D eigenvalue weighted by Gasteiger charge is 2.19. The van der Waals surface area contributed by atoms with Gasteiger partial charge in [0.1, 0.15) is 17.3 Å². The van der Waals surface area contributed by atoms with Crippen molar-refractivity contribution in [1.29, 1.82) is 0 Å². The fourth-order valence-electron chi connectivity index (χ4n) is 2.92. The number of nitrogens with zero attached hydrogens (tertiary/aromatic N) is 2. The molecule has 0 spiro atoms. The van der Waals surface area contributed by atoms with Crippen molar-refractivity contribution in [3.8, 4) is 22.3 Å². The predicted molar refractivity (Wildman–Crippen MR) is 110 cm³/mol. The second kappa shape index (κ2) is 9.58. The van der Waals surface area contributed by atoms with Crippen LogP contribution in [0.4, 0.5) is 0 Å². The number of aromatic nitrogens is 1. The summed E-state index contributed by atoms with van der Waals surface area (Å²) in [4.78, 5) is 19.5. The molecule has 3 rings (SSSR count). The van der Waals surface area contributed by atoms with E-state index in [1.165, 1.54) is 7.11 Å². The maximum Gasteiger partial charge on any atom is 0.319 e. The highest BCUT2D eigenvalue weighted by Crippen LogP contribution is 2.27. The van der Waals surface area contributed by atoms with Gasteiger partial charge in [-0.2, -0.15) is 0 Å². The molecule has 29 heavy (non-hydrogen) atoms. The molecular formula is C21H24N2O5S. The Hall–Kier alpha value is -2.84. The van der Waals surface area contributed by atoms with Crippen LogP contribution in [0.25, 0.3) is 10.8 Å². The van der Waals surface area contributed by atoms with Crippen LogP contribution in [0.15, 0.2) is 40.1 Å². The topological polar surface area (TPSA) is 74.0 Å². The summed E-state index contributed by atoms with van der Waals surface area (Å²) in [5, 5.41) is 1.98. The zero-order valence-electron chi connectivity index (χ0n) is 16.9. The number of ether oxygens (including phenoxy) is 3. The van der Waals surface area contributed by atoms with Crippen molar-refractivity contribution < 1.29 is 23.4 Å². The first-order valence-corrected chi connectivity index (χ1v) is 9.91. The van der Waals surface area contributed by atoms with Crippen molar-refractivity contribution in [3.63, 3.8) is 0 Å². The van der Waals surface area contributed by atoms with Gasteiger partial charge in [-0.1, -0.05) is 6.07 Å². The lowest BCUT2D eigenvalue weighted by atomic mass is 10.1. The van der Waals surface area contributed by atoms with E-state index in [4.69, 9.17) is 18.6 Å². The van der Waals surface area contributed by atoms with Gasteiger partial charge in [-0.15, -0.1) is 11.3 Å². The Morgan fingerprint density at radius 3 is 2.45 bits per heavy atom. The van der Waals surface area contributed by atoms with E-state index in [1.54, 1.807) is 25.6 Å². The molecule has 3 aromatic rings. The van der Waals surface area contributed by atoms with Crippen LogP contribution in [0.1, 0.15) is 17.0 Å². The number of thiophene rings is 1. The fraction of sp³-hybridized carbons (Fsp3) is 0.333. The molecule has 1 aromatic carbocycles. The molecule has 0 amide bonds. The number of hydrogen-bond donors (Lipinski definition) is 0. The van der Waals surface area contributed by atoms with Crippen LogP contribution in [0.2, 0.25) is 0 Å². The van der Waals surface area contributed by atoms with Crippen LogP contribution in [0, 0.1) is 6.92 Å². The SMILES string of the molecule is COC(=O)CN(Cc1cc(OC)cc(OC)c1)Cc1nc(-c2cccs2)oc1C. The van der Waals surface area contributed by atoms with E-state index < -0.39 is 0 Å². The van der Waals surface area contributed by atoms with Gasteiger partial charge in [0.05, 0.1) is 38.4 Å². The van der Waals surface area contributed by atoms with Crippen LogP contribution < -0.4 is 9.47 Å². The largest absolute Gasteiger partial charge is 0.497 e. The third kappa shape index (κ3) is 5.36. The molecule has 0 unspecified atom stereocenters. The Labute approximate surface area is 173 Å². The molecule has 2 aromatic heterocycles. The van der Waals surface area contributed by atoms with E-state index in [-0.39, 0.29) is 12.5 Å². The van der Waals surface area contributed by atoms with E-state index in [0.29, 0.717) is 30.5 Å². The molecule has 0 fully saturated rings. The number of esters is 1. The minimum atomic E-state index is -0.320. The number of hydrogen-bond acceptors (Lipinski definition) is 8. The van der Waals surface area contributed by atoms with E-state index >= 15 is 0 Å². The monoisotopic (exact) mass is 416 g/mol. The Balaban J connectivity index is 1.84. The lowest BCUT2D eigenvalue weighted by molar-refractivity contribution is -0.142. The first-order chi connectivity index (χ1) is 14.0. The summed E-state index contributed by atoms with van der Waals surface area (Å²) in [6.07, 6.45) is 0. The maximum absolute atomic E-state index is 12.0. The summed E-state index contributed by atoms with van der Waals surface area (Å²) >= 11 is 1.57. The van der Waals surface area contributed by atoms with Gasteiger partial charge in [0.15, 0.2) is 0 Å². The lowest BCUT2D eigenvalue weighted by Gasteiger charge is -2.21. The Morgan fingerprint density at radius 1 is 1.14 bits per heavy atom. The molecule has 0 radical (unpaired) electrons. The van der Waals surface area contributed by atoms with Crippen LogP contribution in [0.3, 0.4) is 0 Å². The third-order valence-corrected chi connectivity index (χ3v) is 5.25. The summed E-state index contributed by atoms with van der Waals surface area (Å²) in [5.74, 6) is 2.38. The molecular weight excluding hydrogens is 392 g/mol. The molecule has 0 aliphatic heterocycles. The molecule has 0 N–H and O–H groups in total. The highest BCUT2D eigenvalue weighted by atomic mass is 32.1. The lowest BCUT2D eigenvalue weighted by Crippen LogP contribution is -2.30. The molecule has 0 saturated heterocycles. The molecule has 154 valence electrons. The van der Waals surface area contributed by atoms with Gasteiger partial charge in [0.25, 0.3) is 0 Å². The van der Waals surface area contributed by atoms with Crippen molar-refractivity contribution in [3.05, 3.63) is 52.7 Å². The second-order valence-corrected chi connectivity index (χ2v) is 7.39. The summed E-state index contributed by atoms with van der Waals surface area (Å²) in [7, 11) is 4.59. The summed E-state index contributed by atoms with van der Waals surface area (Å²) in [6.45, 7) is 2.93. The summed E-state index contributed by atoms with van der Waals surface area (Å²) in [6, 6.07) is 9.57. The number of carbonyl (C=O) groups excluding carboxylic acids is 1. The van der Waals surface area contributed by atoms with Gasteiger partial charge in [-0.25, -0.2) is 4.98 Å². The zero-order valence-corrected chi connectivity index (χ0v) is 17.7.